The molecule has 2 nitrogen and oxygen atoms in total. The minimum atomic E-state index is -1.00. The van der Waals surface area contributed by atoms with E-state index in [1.807, 2.05) is 0 Å². The molecule has 66 valence electrons. The minimum Gasteiger partial charge on any atom is -0.311 e. The molecule has 1 aromatic rings. The van der Waals surface area contributed by atoms with Crippen LogP contribution in [0.25, 0.3) is 0 Å². The third-order valence-electron chi connectivity index (χ3n) is 1.40. The Labute approximate surface area is 78.2 Å². The van der Waals surface area contributed by atoms with Gasteiger partial charge in [-0.2, -0.15) is 0 Å². The molecule has 0 saturated heterocycles. The fourth-order valence-corrected chi connectivity index (χ4v) is 1.30. The van der Waals surface area contributed by atoms with Crippen LogP contribution in [-0.4, -0.2) is 10.7 Å². The lowest BCUT2D eigenvalue weighted by Crippen LogP contribution is -2.22. The van der Waals surface area contributed by atoms with Crippen molar-refractivity contribution in [2.75, 3.05) is 0 Å². The second-order valence-electron chi connectivity index (χ2n) is 2.62. The summed E-state index contributed by atoms with van der Waals surface area (Å²) in [6.07, 6.45) is 0.579. The van der Waals surface area contributed by atoms with Crippen molar-refractivity contribution in [3.63, 3.8) is 0 Å². The van der Waals surface area contributed by atoms with Crippen LogP contribution < -0.4 is 5.56 Å². The van der Waals surface area contributed by atoms with Crippen molar-refractivity contribution in [3.8, 4) is 0 Å². The number of hydrogen-bond donors (Lipinski definition) is 0. The van der Waals surface area contributed by atoms with Gasteiger partial charge < -0.3 is 4.57 Å². The Hall–Kier alpha value is -0.640. The molecular weight excluding hydrogens is 225 g/mol. The zero-order valence-electron chi connectivity index (χ0n) is 6.63. The van der Waals surface area contributed by atoms with Gasteiger partial charge in [-0.1, -0.05) is 0 Å². The number of pyridine rings is 1. The predicted molar refractivity (Wildman–Crippen MR) is 49.0 cm³/mol. The Morgan fingerprint density at radius 3 is 2.92 bits per heavy atom. The van der Waals surface area contributed by atoms with Crippen molar-refractivity contribution in [2.45, 2.75) is 19.6 Å². The summed E-state index contributed by atoms with van der Waals surface area (Å²) in [5.74, 6) is 0. The zero-order valence-corrected chi connectivity index (χ0v) is 8.21. The monoisotopic (exact) mass is 233 g/mol. The molecule has 0 saturated carbocycles. The number of nitrogens with zero attached hydrogens (tertiary/aromatic N) is 1. The molecule has 1 aromatic heterocycles. The number of alkyl halides is 1. The van der Waals surface area contributed by atoms with Gasteiger partial charge in [-0.3, -0.25) is 4.79 Å². The van der Waals surface area contributed by atoms with Gasteiger partial charge in [-0.25, -0.2) is 4.39 Å². The molecule has 0 aromatic carbocycles. The van der Waals surface area contributed by atoms with E-state index >= 15 is 0 Å². The fraction of sp³-hybridized carbons (Fsp3) is 0.375. The van der Waals surface area contributed by atoms with Crippen LogP contribution in [0.3, 0.4) is 0 Å². The molecule has 12 heavy (non-hydrogen) atoms. The maximum Gasteiger partial charge on any atom is 0.250 e. The first-order valence-corrected chi connectivity index (χ1v) is 4.39. The molecular formula is C8H9BrFNO. The van der Waals surface area contributed by atoms with Crippen LogP contribution in [0.15, 0.2) is 27.6 Å². The van der Waals surface area contributed by atoms with Gasteiger partial charge in [0.15, 0.2) is 0 Å². The van der Waals surface area contributed by atoms with Crippen LogP contribution in [0.5, 0.6) is 0 Å². The standard InChI is InChI=1S/C8H9BrFNO/c1-6(10)4-11-5-7(9)2-3-8(11)12/h2-3,5-6H,4H2,1H3. The SMILES string of the molecule is CC(F)Cn1cc(Br)ccc1=O. The van der Waals surface area contributed by atoms with Crippen LogP contribution in [0.1, 0.15) is 6.92 Å². The summed E-state index contributed by atoms with van der Waals surface area (Å²) >= 11 is 3.20. The molecule has 0 aliphatic carbocycles. The van der Waals surface area contributed by atoms with E-state index in [1.54, 1.807) is 12.3 Å². The Balaban J connectivity index is 2.98. The lowest BCUT2D eigenvalue weighted by molar-refractivity contribution is 0.317. The molecule has 0 amide bonds. The van der Waals surface area contributed by atoms with Crippen molar-refractivity contribution in [2.24, 2.45) is 0 Å². The van der Waals surface area contributed by atoms with E-state index in [0.717, 1.165) is 4.47 Å². The van der Waals surface area contributed by atoms with Gasteiger partial charge >= 0.3 is 0 Å². The Morgan fingerprint density at radius 2 is 2.33 bits per heavy atom. The van der Waals surface area contributed by atoms with Gasteiger partial charge in [-0.15, -0.1) is 0 Å². The largest absolute Gasteiger partial charge is 0.311 e. The maximum atomic E-state index is 12.5. The molecule has 0 N–H and O–H groups in total. The number of rotatable bonds is 2. The summed E-state index contributed by atoms with van der Waals surface area (Å²) in [7, 11) is 0. The molecule has 1 atom stereocenters. The summed E-state index contributed by atoms with van der Waals surface area (Å²) in [5.41, 5.74) is -0.178. The van der Waals surface area contributed by atoms with Gasteiger partial charge in [0.05, 0.1) is 6.54 Å². The maximum absolute atomic E-state index is 12.5. The van der Waals surface area contributed by atoms with Crippen LogP contribution >= 0.6 is 15.9 Å². The summed E-state index contributed by atoms with van der Waals surface area (Å²) < 4.78 is 14.6. The van der Waals surface area contributed by atoms with Gasteiger partial charge in [0.2, 0.25) is 0 Å². The third kappa shape index (κ3) is 2.44. The highest BCUT2D eigenvalue weighted by Gasteiger charge is 2.01. The number of aromatic nitrogens is 1. The summed E-state index contributed by atoms with van der Waals surface area (Å²) in [6, 6.07) is 3.05. The van der Waals surface area contributed by atoms with Crippen LogP contribution in [0.2, 0.25) is 0 Å². The van der Waals surface area contributed by atoms with Crippen LogP contribution in [-0.2, 0) is 6.54 Å². The quantitative estimate of drug-likeness (QED) is 0.766. The Morgan fingerprint density at radius 1 is 1.67 bits per heavy atom. The summed E-state index contributed by atoms with van der Waals surface area (Å²) in [5, 5.41) is 0. The smallest absolute Gasteiger partial charge is 0.250 e. The summed E-state index contributed by atoms with van der Waals surface area (Å²) in [4.78, 5) is 11.1. The molecule has 1 heterocycles. The van der Waals surface area contributed by atoms with Crippen molar-refractivity contribution in [1.82, 2.24) is 4.57 Å². The van der Waals surface area contributed by atoms with E-state index in [1.165, 1.54) is 17.6 Å². The first-order valence-electron chi connectivity index (χ1n) is 3.59. The van der Waals surface area contributed by atoms with E-state index in [0.29, 0.717) is 0 Å². The van der Waals surface area contributed by atoms with Crippen LogP contribution in [0.4, 0.5) is 4.39 Å². The number of hydrogen-bond acceptors (Lipinski definition) is 1. The first-order chi connectivity index (χ1) is 5.59. The molecule has 0 radical (unpaired) electrons. The highest BCUT2D eigenvalue weighted by atomic mass is 79.9. The van der Waals surface area contributed by atoms with E-state index in [-0.39, 0.29) is 12.1 Å². The van der Waals surface area contributed by atoms with E-state index < -0.39 is 6.17 Å². The Bertz CT molecular complexity index is 321. The van der Waals surface area contributed by atoms with Crippen LogP contribution in [0, 0.1) is 0 Å². The average molecular weight is 234 g/mol. The first kappa shape index (κ1) is 9.45. The molecule has 1 unspecified atom stereocenters. The fourth-order valence-electron chi connectivity index (χ4n) is 0.916. The lowest BCUT2D eigenvalue weighted by Gasteiger charge is -2.05. The Kier molecular flexibility index (Phi) is 3.03. The second kappa shape index (κ2) is 3.85. The van der Waals surface area contributed by atoms with E-state index in [4.69, 9.17) is 0 Å². The van der Waals surface area contributed by atoms with E-state index in [9.17, 15) is 9.18 Å². The van der Waals surface area contributed by atoms with Gasteiger partial charge in [-0.05, 0) is 28.9 Å². The number of halogens is 2. The van der Waals surface area contributed by atoms with Crippen molar-refractivity contribution >= 4 is 15.9 Å². The van der Waals surface area contributed by atoms with Crippen molar-refractivity contribution < 1.29 is 4.39 Å². The molecule has 0 aliphatic heterocycles. The average Bonchev–Trinajstić information content (AvgIpc) is 1.96. The molecule has 4 heteroatoms. The molecule has 0 fully saturated rings. The van der Waals surface area contributed by atoms with Crippen molar-refractivity contribution in [3.05, 3.63) is 33.2 Å². The van der Waals surface area contributed by atoms with Gasteiger partial charge in [0.1, 0.15) is 6.17 Å². The zero-order chi connectivity index (χ0) is 9.14. The molecule has 0 aliphatic rings. The third-order valence-corrected chi connectivity index (χ3v) is 1.86. The minimum absolute atomic E-state index is 0.109. The molecule has 1 rings (SSSR count). The second-order valence-corrected chi connectivity index (χ2v) is 3.53. The predicted octanol–water partition coefficient (Wildman–Crippen LogP) is 1.97. The van der Waals surface area contributed by atoms with Crippen molar-refractivity contribution in [1.29, 1.82) is 0 Å². The normalized spacial score (nSPS) is 12.9. The van der Waals surface area contributed by atoms with Gasteiger partial charge in [0, 0.05) is 16.7 Å². The van der Waals surface area contributed by atoms with Gasteiger partial charge in [0.25, 0.3) is 5.56 Å². The molecule has 0 spiro atoms. The lowest BCUT2D eigenvalue weighted by atomic mass is 10.4. The summed E-state index contributed by atoms with van der Waals surface area (Å²) in [6.45, 7) is 1.53. The topological polar surface area (TPSA) is 22.0 Å². The molecule has 0 bridgehead atoms. The highest BCUT2D eigenvalue weighted by Crippen LogP contribution is 2.05. The van der Waals surface area contributed by atoms with E-state index in [2.05, 4.69) is 15.9 Å². The highest BCUT2D eigenvalue weighted by molar-refractivity contribution is 9.10.